The van der Waals surface area contributed by atoms with Gasteiger partial charge < -0.3 is 5.32 Å². The average Bonchev–Trinajstić information content (AvgIpc) is 3.05. The minimum atomic E-state index is -0.348. The summed E-state index contributed by atoms with van der Waals surface area (Å²) in [5.74, 6) is -0.936. The number of nitrogens with one attached hydrogen (secondary N) is 1. The van der Waals surface area contributed by atoms with E-state index in [0.29, 0.717) is 28.1 Å². The Balaban J connectivity index is 1.40. The number of nitrogens with zero attached hydrogens (tertiary/aromatic N) is 1. The Morgan fingerprint density at radius 2 is 1.32 bits per heavy atom. The van der Waals surface area contributed by atoms with E-state index in [0.717, 1.165) is 20.1 Å². The van der Waals surface area contributed by atoms with Crippen molar-refractivity contribution in [2.45, 2.75) is 0 Å². The van der Waals surface area contributed by atoms with Crippen molar-refractivity contribution in [2.24, 2.45) is 0 Å². The number of hydrogen-bond acceptors (Lipinski definition) is 3. The smallest absolute Gasteiger partial charge is 0.266 e. The molecule has 0 saturated heterocycles. The highest BCUT2D eigenvalue weighted by Gasteiger charge is 2.36. The van der Waals surface area contributed by atoms with E-state index in [-0.39, 0.29) is 17.7 Å². The number of carbonyl (C=O) groups excluding carboxylic acids is 3. The van der Waals surface area contributed by atoms with Crippen molar-refractivity contribution in [3.8, 4) is 0 Å². The van der Waals surface area contributed by atoms with Crippen molar-refractivity contribution < 1.29 is 14.4 Å². The van der Waals surface area contributed by atoms with Crippen molar-refractivity contribution in [3.63, 3.8) is 0 Å². The molecule has 4 aromatic rings. The molecule has 6 heteroatoms. The predicted molar refractivity (Wildman–Crippen MR) is 124 cm³/mol. The maximum Gasteiger partial charge on any atom is 0.266 e. The van der Waals surface area contributed by atoms with Gasteiger partial charge in [-0.3, -0.25) is 14.4 Å². The molecule has 0 radical (unpaired) electrons. The number of rotatable bonds is 3. The van der Waals surface area contributed by atoms with Gasteiger partial charge in [0.25, 0.3) is 17.7 Å². The molecule has 5 rings (SSSR count). The molecule has 1 aliphatic rings. The van der Waals surface area contributed by atoms with Gasteiger partial charge in [-0.15, -0.1) is 0 Å². The summed E-state index contributed by atoms with van der Waals surface area (Å²) in [6.07, 6.45) is 0. The Morgan fingerprint density at radius 1 is 0.710 bits per heavy atom. The summed E-state index contributed by atoms with van der Waals surface area (Å²) in [6.45, 7) is 0. The lowest BCUT2D eigenvalue weighted by Gasteiger charge is -2.15. The first-order valence-electron chi connectivity index (χ1n) is 9.61. The topological polar surface area (TPSA) is 66.5 Å². The van der Waals surface area contributed by atoms with Crippen LogP contribution >= 0.6 is 15.9 Å². The molecule has 0 saturated carbocycles. The van der Waals surface area contributed by atoms with Crippen LogP contribution in [-0.2, 0) is 0 Å². The molecule has 31 heavy (non-hydrogen) atoms. The average molecular weight is 471 g/mol. The second-order valence-electron chi connectivity index (χ2n) is 7.13. The number of hydrogen-bond donors (Lipinski definition) is 1. The number of halogens is 1. The standard InChI is InChI=1S/C25H15BrN2O3/c26-22-10-4-7-17-18(22)8-3-9-19(17)23(29)27-15-11-13-16(14-12-15)28-24(30)20-5-1-2-6-21(20)25(28)31/h1-14H,(H,27,29). The fraction of sp³-hybridized carbons (Fsp3) is 0. The number of benzene rings is 4. The molecule has 0 aromatic heterocycles. The highest BCUT2D eigenvalue weighted by molar-refractivity contribution is 9.10. The molecule has 5 nitrogen and oxygen atoms in total. The van der Waals surface area contributed by atoms with Gasteiger partial charge in [-0.2, -0.15) is 0 Å². The van der Waals surface area contributed by atoms with Crippen molar-refractivity contribution in [2.75, 3.05) is 10.2 Å². The van der Waals surface area contributed by atoms with Gasteiger partial charge in [0, 0.05) is 15.7 Å². The third-order valence-electron chi connectivity index (χ3n) is 5.29. The number of amides is 3. The molecule has 4 aromatic carbocycles. The molecule has 1 heterocycles. The zero-order valence-corrected chi connectivity index (χ0v) is 17.7. The van der Waals surface area contributed by atoms with Gasteiger partial charge >= 0.3 is 0 Å². The second kappa shape index (κ2) is 7.49. The van der Waals surface area contributed by atoms with E-state index in [1.807, 2.05) is 30.3 Å². The summed E-state index contributed by atoms with van der Waals surface area (Å²) in [7, 11) is 0. The van der Waals surface area contributed by atoms with Gasteiger partial charge in [0.15, 0.2) is 0 Å². The lowest BCUT2D eigenvalue weighted by molar-refractivity contribution is 0.0924. The minimum absolute atomic E-state index is 0.239. The van der Waals surface area contributed by atoms with Crippen LogP contribution < -0.4 is 10.2 Å². The summed E-state index contributed by atoms with van der Waals surface area (Å²) in [4.78, 5) is 39.3. The Bertz CT molecular complexity index is 1340. The number of imide groups is 1. The maximum absolute atomic E-state index is 12.9. The van der Waals surface area contributed by atoms with Gasteiger partial charge in [0.1, 0.15) is 0 Å². The number of anilines is 2. The van der Waals surface area contributed by atoms with Gasteiger partial charge in [-0.1, -0.05) is 52.3 Å². The Labute approximate surface area is 186 Å². The zero-order valence-electron chi connectivity index (χ0n) is 16.1. The third-order valence-corrected chi connectivity index (χ3v) is 5.98. The van der Waals surface area contributed by atoms with E-state index in [4.69, 9.17) is 0 Å². The normalized spacial score (nSPS) is 12.9. The van der Waals surface area contributed by atoms with Crippen LogP contribution in [-0.4, -0.2) is 17.7 Å². The first kappa shape index (κ1) is 19.2. The summed E-state index contributed by atoms with van der Waals surface area (Å²) in [6, 6.07) is 24.7. The minimum Gasteiger partial charge on any atom is -0.322 e. The lowest BCUT2D eigenvalue weighted by Crippen LogP contribution is -2.29. The van der Waals surface area contributed by atoms with Crippen molar-refractivity contribution in [3.05, 3.63) is 106 Å². The molecular formula is C25H15BrN2O3. The first-order valence-corrected chi connectivity index (χ1v) is 10.4. The highest BCUT2D eigenvalue weighted by Crippen LogP contribution is 2.30. The Hall–Kier alpha value is -3.77. The van der Waals surface area contributed by atoms with E-state index in [9.17, 15) is 14.4 Å². The summed E-state index contributed by atoms with van der Waals surface area (Å²) in [5, 5.41) is 4.68. The summed E-state index contributed by atoms with van der Waals surface area (Å²) >= 11 is 3.52. The summed E-state index contributed by atoms with van der Waals surface area (Å²) < 4.78 is 0.921. The molecule has 1 N–H and O–H groups in total. The van der Waals surface area contributed by atoms with E-state index < -0.39 is 0 Å². The van der Waals surface area contributed by atoms with E-state index in [2.05, 4.69) is 21.2 Å². The fourth-order valence-corrected chi connectivity index (χ4v) is 4.28. The van der Waals surface area contributed by atoms with E-state index in [1.54, 1.807) is 54.6 Å². The molecular weight excluding hydrogens is 456 g/mol. The van der Waals surface area contributed by atoms with Crippen LogP contribution in [0.5, 0.6) is 0 Å². The van der Waals surface area contributed by atoms with E-state index in [1.165, 1.54) is 0 Å². The molecule has 0 fully saturated rings. The van der Waals surface area contributed by atoms with Crippen LogP contribution in [0, 0.1) is 0 Å². The highest BCUT2D eigenvalue weighted by atomic mass is 79.9. The van der Waals surface area contributed by atoms with Crippen LogP contribution in [0.25, 0.3) is 10.8 Å². The van der Waals surface area contributed by atoms with Crippen LogP contribution in [0.3, 0.4) is 0 Å². The van der Waals surface area contributed by atoms with Crippen LogP contribution in [0.1, 0.15) is 31.1 Å². The number of carbonyl (C=O) groups is 3. The largest absolute Gasteiger partial charge is 0.322 e. The number of fused-ring (bicyclic) bond motifs is 2. The van der Waals surface area contributed by atoms with Gasteiger partial charge in [0.05, 0.1) is 16.8 Å². The molecule has 0 aliphatic carbocycles. The quantitative estimate of drug-likeness (QED) is 0.393. The summed E-state index contributed by atoms with van der Waals surface area (Å²) in [5.41, 5.74) is 2.37. The molecule has 3 amide bonds. The second-order valence-corrected chi connectivity index (χ2v) is 7.99. The van der Waals surface area contributed by atoms with Crippen LogP contribution in [0.15, 0.2) is 89.4 Å². The van der Waals surface area contributed by atoms with Gasteiger partial charge in [0.2, 0.25) is 0 Å². The molecule has 0 atom stereocenters. The molecule has 0 bridgehead atoms. The Morgan fingerprint density at radius 3 is 2.00 bits per heavy atom. The molecule has 1 aliphatic heterocycles. The van der Waals surface area contributed by atoms with E-state index >= 15 is 0 Å². The van der Waals surface area contributed by atoms with Crippen LogP contribution in [0.2, 0.25) is 0 Å². The molecule has 0 spiro atoms. The lowest BCUT2D eigenvalue weighted by atomic mass is 10.0. The monoisotopic (exact) mass is 470 g/mol. The zero-order chi connectivity index (χ0) is 21.5. The molecule has 150 valence electrons. The Kier molecular flexibility index (Phi) is 4.64. The van der Waals surface area contributed by atoms with Gasteiger partial charge in [-0.25, -0.2) is 4.90 Å². The predicted octanol–water partition coefficient (Wildman–Crippen LogP) is 5.66. The van der Waals surface area contributed by atoms with Crippen molar-refractivity contribution in [1.82, 2.24) is 0 Å². The first-order chi connectivity index (χ1) is 15.0. The van der Waals surface area contributed by atoms with Crippen molar-refractivity contribution >= 4 is 55.8 Å². The van der Waals surface area contributed by atoms with Gasteiger partial charge in [-0.05, 0) is 59.3 Å². The fourth-order valence-electron chi connectivity index (χ4n) is 3.79. The maximum atomic E-state index is 12.9. The third kappa shape index (κ3) is 3.21. The van der Waals surface area contributed by atoms with Crippen molar-refractivity contribution in [1.29, 1.82) is 0 Å². The SMILES string of the molecule is O=C(Nc1ccc(N2C(=O)c3ccccc3C2=O)cc1)c1cccc2c(Br)cccc12. The molecule has 0 unspecified atom stereocenters. The van der Waals surface area contributed by atoms with Crippen LogP contribution in [0.4, 0.5) is 11.4 Å².